The van der Waals surface area contributed by atoms with Crippen LogP contribution in [0, 0.1) is 41.5 Å². The maximum atomic E-state index is 9.80. The van der Waals surface area contributed by atoms with E-state index in [0.29, 0.717) is 5.76 Å². The Kier molecular flexibility index (Phi) is 43.0. The number of thiophene rings is 2. The molecule has 0 aromatic carbocycles. The van der Waals surface area contributed by atoms with Gasteiger partial charge in [0.1, 0.15) is 23.4 Å². The molecule has 0 radical (unpaired) electrons. The predicted molar refractivity (Wildman–Crippen MR) is 338 cm³/mol. The highest BCUT2D eigenvalue weighted by molar-refractivity contribution is 7.12. The first-order chi connectivity index (χ1) is 38.4. The van der Waals surface area contributed by atoms with E-state index in [0.717, 1.165) is 127 Å². The van der Waals surface area contributed by atoms with E-state index in [9.17, 15) is 30.6 Å². The van der Waals surface area contributed by atoms with E-state index in [1.54, 1.807) is 41.3 Å². The minimum absolute atomic E-state index is 0.231. The van der Waals surface area contributed by atoms with Crippen LogP contribution in [-0.2, 0) is 0 Å². The average molecular weight is 1150 g/mol. The van der Waals surface area contributed by atoms with Crippen molar-refractivity contribution in [3.05, 3.63) is 150 Å². The molecule has 0 aliphatic heterocycles. The molecule has 0 bridgehead atoms. The van der Waals surface area contributed by atoms with Crippen molar-refractivity contribution in [2.45, 2.75) is 274 Å². The summed E-state index contributed by atoms with van der Waals surface area (Å²) in [6.07, 6.45) is 29.4. The lowest BCUT2D eigenvalue weighted by molar-refractivity contribution is 0.135. The second-order valence-electron chi connectivity index (χ2n) is 21.4. The molecule has 0 amide bonds. The first kappa shape index (κ1) is 74.0. The maximum absolute atomic E-state index is 9.80. The number of furan rings is 2. The van der Waals surface area contributed by atoms with Crippen molar-refractivity contribution >= 4 is 22.7 Å². The van der Waals surface area contributed by atoms with Crippen molar-refractivity contribution in [1.29, 1.82) is 0 Å². The number of aryl methyl sites for hydroxylation is 6. The van der Waals surface area contributed by atoms with Gasteiger partial charge >= 0.3 is 0 Å². The fourth-order valence-corrected chi connectivity index (χ4v) is 10.0. The molecule has 80 heavy (non-hydrogen) atoms. The number of rotatable bonds is 30. The van der Waals surface area contributed by atoms with Gasteiger partial charge in [0.25, 0.3) is 0 Å². The number of pyridine rings is 2. The summed E-state index contributed by atoms with van der Waals surface area (Å²) in [5.41, 5.74) is 5.87. The minimum atomic E-state index is -0.416. The van der Waals surface area contributed by atoms with Crippen LogP contribution in [0.25, 0.3) is 0 Å². The van der Waals surface area contributed by atoms with Crippen LogP contribution in [0.4, 0.5) is 0 Å². The normalized spacial score (nSPS) is 13.0. The van der Waals surface area contributed by atoms with Crippen molar-refractivity contribution in [1.82, 2.24) is 9.97 Å². The fourth-order valence-electron chi connectivity index (χ4n) is 8.35. The Hall–Kier alpha value is -3.98. The summed E-state index contributed by atoms with van der Waals surface area (Å²) in [5, 5.41) is 60.5. The molecule has 12 heteroatoms. The Bertz CT molecular complexity index is 2050. The van der Waals surface area contributed by atoms with Crippen LogP contribution in [0.5, 0.6) is 0 Å². The summed E-state index contributed by atoms with van der Waals surface area (Å²) < 4.78 is 10.5. The molecule has 0 saturated heterocycles. The van der Waals surface area contributed by atoms with Crippen molar-refractivity contribution in [3.63, 3.8) is 0 Å². The minimum Gasteiger partial charge on any atom is -0.469 e. The summed E-state index contributed by atoms with van der Waals surface area (Å²) in [6, 6.07) is 19.6. The topological polar surface area (TPSA) is 173 Å². The van der Waals surface area contributed by atoms with E-state index in [-0.39, 0.29) is 30.5 Å². The molecular formula is C68H110N2O8S2. The number of hydrogen-bond acceptors (Lipinski definition) is 12. The van der Waals surface area contributed by atoms with Gasteiger partial charge in [-0.25, -0.2) is 0 Å². The molecule has 0 saturated carbocycles. The van der Waals surface area contributed by atoms with Crippen LogP contribution in [0.15, 0.2) is 93.5 Å². The third-order valence-corrected chi connectivity index (χ3v) is 15.5. The quantitative estimate of drug-likeness (QED) is 0.0238. The van der Waals surface area contributed by atoms with Gasteiger partial charge in [0.05, 0.1) is 42.5 Å². The number of hydrogen-bond donors (Lipinski definition) is 6. The third kappa shape index (κ3) is 35.1. The third-order valence-electron chi connectivity index (χ3n) is 13.5. The molecule has 0 fully saturated rings. The lowest BCUT2D eigenvalue weighted by Gasteiger charge is -2.09. The van der Waals surface area contributed by atoms with E-state index in [4.69, 9.17) is 8.83 Å². The van der Waals surface area contributed by atoms with Gasteiger partial charge in [0.15, 0.2) is 0 Å². The highest BCUT2D eigenvalue weighted by Gasteiger charge is 2.13. The Morgan fingerprint density at radius 2 is 0.925 bits per heavy atom. The number of aliphatic hydroxyl groups is 6. The number of aliphatic hydroxyl groups excluding tert-OH is 6. The molecule has 10 nitrogen and oxygen atoms in total. The highest BCUT2D eigenvalue weighted by atomic mass is 32.1. The molecule has 0 aliphatic carbocycles. The van der Waals surface area contributed by atoms with Gasteiger partial charge in [-0.3, -0.25) is 9.97 Å². The summed E-state index contributed by atoms with van der Waals surface area (Å²) in [5.74, 6) is 2.43. The van der Waals surface area contributed by atoms with E-state index >= 15 is 0 Å². The first-order valence-electron chi connectivity index (χ1n) is 30.6. The first-order valence-corrected chi connectivity index (χ1v) is 32.3. The molecule has 452 valence electrons. The second kappa shape index (κ2) is 46.5. The van der Waals surface area contributed by atoms with Gasteiger partial charge in [-0.05, 0) is 151 Å². The van der Waals surface area contributed by atoms with Gasteiger partial charge in [-0.1, -0.05) is 169 Å². The lowest BCUT2D eigenvalue weighted by atomic mass is 10.0. The van der Waals surface area contributed by atoms with Crippen LogP contribution in [0.3, 0.4) is 0 Å². The lowest BCUT2D eigenvalue weighted by Crippen LogP contribution is -2.00. The molecule has 6 unspecified atom stereocenters. The Balaban J connectivity index is 0.000000480. The van der Waals surface area contributed by atoms with E-state index in [2.05, 4.69) is 82.9 Å². The zero-order valence-corrected chi connectivity index (χ0v) is 53.4. The molecule has 6 N–H and O–H groups in total. The maximum Gasteiger partial charge on any atom is 0.132 e. The molecule has 6 atom stereocenters. The van der Waals surface area contributed by atoms with Crippen LogP contribution in [0.1, 0.15) is 298 Å². The van der Waals surface area contributed by atoms with Gasteiger partial charge in [0.2, 0.25) is 0 Å². The molecule has 6 aromatic rings. The molecule has 0 aliphatic rings. The molecule has 6 heterocycles. The van der Waals surface area contributed by atoms with Crippen LogP contribution in [-0.4, -0.2) is 40.6 Å². The van der Waals surface area contributed by atoms with Crippen molar-refractivity contribution < 1.29 is 39.5 Å². The monoisotopic (exact) mass is 1150 g/mol. The summed E-state index contributed by atoms with van der Waals surface area (Å²) in [7, 11) is 0. The Morgan fingerprint density at radius 1 is 0.425 bits per heavy atom. The van der Waals surface area contributed by atoms with Gasteiger partial charge in [0, 0.05) is 38.3 Å². The molecular weight excluding hydrogens is 1040 g/mol. The second-order valence-corrected chi connectivity index (χ2v) is 23.9. The Morgan fingerprint density at radius 3 is 1.32 bits per heavy atom. The molecule has 0 spiro atoms. The molecule has 6 aromatic heterocycles. The van der Waals surface area contributed by atoms with Crippen LogP contribution < -0.4 is 0 Å². The van der Waals surface area contributed by atoms with Crippen molar-refractivity contribution in [2.24, 2.45) is 0 Å². The van der Waals surface area contributed by atoms with Gasteiger partial charge in [-0.2, -0.15) is 0 Å². The summed E-state index contributed by atoms with van der Waals surface area (Å²) in [6.45, 7) is 24.9. The fraction of sp³-hybridized carbons (Fsp3) is 0.618. The summed E-state index contributed by atoms with van der Waals surface area (Å²) in [4.78, 5) is 12.1. The SMILES string of the molecule is CCCCCC(O)c1ccc(C)cn1.CCCCCC(O)c1ccc(C)nc1.CCCCCC(O)c1ccc(C)o1.CCCCCC(O)c1ccc(C)s1.CCCCCC(O)c1coc(C)c1.CCCCCC(O)c1csc(C)c1. The van der Waals surface area contributed by atoms with Crippen molar-refractivity contribution in [3.8, 4) is 0 Å². The highest BCUT2D eigenvalue weighted by Crippen LogP contribution is 2.28. The Labute approximate surface area is 493 Å². The van der Waals surface area contributed by atoms with Gasteiger partial charge in [-0.15, -0.1) is 22.7 Å². The standard InChI is InChI=1S/2C12H19NO.2C11H18O2.2C11H18OS/c1-3-4-5-6-12(14)11-8-7-10(2)13-9-11;1-3-4-5-6-12(14)11-8-7-10(2)9-13-11;1-3-4-5-6-11(12)10-7-9(2)13-8-10;1-3-4-5-6-10(12)11-8-7-9(2)13-11;1-3-4-5-6-11(12)10-7-9(2)13-8-10;1-3-4-5-6-10(12)11-8-7-9(2)13-11/h2*7-9,12,14H,3-6H2,1-2H3;7-8,11-12H,3-6H2,1-2H3;7-8,10,12H,3-6H2,1-2H3;7-8,11-12H,3-6H2,1-2H3;7-8,10,12H,3-6H2,1-2H3. The van der Waals surface area contributed by atoms with E-state index in [1.807, 2.05) is 76.2 Å². The van der Waals surface area contributed by atoms with Gasteiger partial charge < -0.3 is 39.5 Å². The zero-order chi connectivity index (χ0) is 59.5. The van der Waals surface area contributed by atoms with Crippen LogP contribution >= 0.6 is 22.7 Å². The van der Waals surface area contributed by atoms with E-state index in [1.165, 1.54) is 86.8 Å². The van der Waals surface area contributed by atoms with Crippen molar-refractivity contribution in [2.75, 3.05) is 0 Å². The number of nitrogens with zero attached hydrogens (tertiary/aromatic N) is 2. The van der Waals surface area contributed by atoms with Crippen LogP contribution in [0.2, 0.25) is 0 Å². The van der Waals surface area contributed by atoms with E-state index < -0.39 is 6.10 Å². The zero-order valence-electron chi connectivity index (χ0n) is 51.7. The average Bonchev–Trinajstić information content (AvgIpc) is 4.29. The number of aromatic nitrogens is 2. The number of unbranched alkanes of at least 4 members (excludes halogenated alkanes) is 12. The predicted octanol–water partition coefficient (Wildman–Crippen LogP) is 19.8. The largest absolute Gasteiger partial charge is 0.469 e. The smallest absolute Gasteiger partial charge is 0.132 e. The molecule has 6 rings (SSSR count). The summed E-state index contributed by atoms with van der Waals surface area (Å²) >= 11 is 3.42.